The van der Waals surface area contributed by atoms with Gasteiger partial charge in [-0.2, -0.15) is 0 Å². The van der Waals surface area contributed by atoms with Gasteiger partial charge in [0.05, 0.1) is 23.7 Å². The number of hydrogen-bond acceptors (Lipinski definition) is 5. The van der Waals surface area contributed by atoms with Crippen molar-refractivity contribution in [2.24, 2.45) is 0 Å². The van der Waals surface area contributed by atoms with Gasteiger partial charge in [-0.05, 0) is 42.7 Å². The standard InChI is InChI=1S/C22H20N2O5/c1-28-21-14(12-2-7-17-18(10-12)29-9-8-23-17)5-6-15-19(21)24(13-3-4-13)11-16(20(15)25)22(26)27/h2,5-7,10-11,13,23H,3-4,8-9H2,1H3,(H,26,27). The molecule has 0 bridgehead atoms. The molecule has 0 spiro atoms. The average Bonchev–Trinajstić information content (AvgIpc) is 3.58. The van der Waals surface area contributed by atoms with Crippen molar-refractivity contribution in [3.8, 4) is 22.6 Å². The van der Waals surface area contributed by atoms with E-state index in [0.29, 0.717) is 23.3 Å². The first-order valence-corrected chi connectivity index (χ1v) is 9.58. The maximum Gasteiger partial charge on any atom is 0.341 e. The molecule has 2 heterocycles. The second-order valence-corrected chi connectivity index (χ2v) is 7.34. The normalized spacial score (nSPS) is 15.3. The number of hydrogen-bond donors (Lipinski definition) is 2. The number of carboxylic acid groups (broad SMARTS) is 1. The van der Waals surface area contributed by atoms with Gasteiger partial charge in [-0.15, -0.1) is 0 Å². The van der Waals surface area contributed by atoms with E-state index in [-0.39, 0.29) is 11.6 Å². The number of aromatic carboxylic acids is 1. The predicted molar refractivity (Wildman–Crippen MR) is 109 cm³/mol. The minimum Gasteiger partial charge on any atom is -0.494 e. The van der Waals surface area contributed by atoms with Gasteiger partial charge in [0, 0.05) is 24.3 Å². The van der Waals surface area contributed by atoms with Crippen molar-refractivity contribution in [2.45, 2.75) is 18.9 Å². The highest BCUT2D eigenvalue weighted by atomic mass is 16.5. The van der Waals surface area contributed by atoms with Crippen molar-refractivity contribution in [3.05, 3.63) is 52.3 Å². The molecule has 5 rings (SSSR count). The van der Waals surface area contributed by atoms with Crippen LogP contribution in [0.4, 0.5) is 5.69 Å². The zero-order chi connectivity index (χ0) is 20.1. The molecule has 1 aromatic heterocycles. The summed E-state index contributed by atoms with van der Waals surface area (Å²) in [5.41, 5.74) is 2.61. The first kappa shape index (κ1) is 17.6. The smallest absolute Gasteiger partial charge is 0.341 e. The van der Waals surface area contributed by atoms with Crippen LogP contribution in [0.1, 0.15) is 29.2 Å². The Morgan fingerprint density at radius 1 is 1.28 bits per heavy atom. The zero-order valence-corrected chi connectivity index (χ0v) is 15.9. The Morgan fingerprint density at radius 3 is 2.83 bits per heavy atom. The summed E-state index contributed by atoms with van der Waals surface area (Å²) in [5.74, 6) is 0.123. The number of aromatic nitrogens is 1. The largest absolute Gasteiger partial charge is 0.494 e. The fraction of sp³-hybridized carbons (Fsp3) is 0.273. The molecule has 2 aliphatic rings. The topological polar surface area (TPSA) is 89.8 Å². The van der Waals surface area contributed by atoms with Gasteiger partial charge in [-0.25, -0.2) is 4.79 Å². The number of rotatable bonds is 4. The lowest BCUT2D eigenvalue weighted by molar-refractivity contribution is 0.0695. The van der Waals surface area contributed by atoms with Crippen LogP contribution in [-0.4, -0.2) is 35.9 Å². The third-order valence-electron chi connectivity index (χ3n) is 5.49. The van der Waals surface area contributed by atoms with E-state index in [4.69, 9.17) is 9.47 Å². The number of ether oxygens (including phenoxy) is 2. The molecule has 1 saturated carbocycles. The molecule has 7 nitrogen and oxygen atoms in total. The number of nitrogens with one attached hydrogen (secondary N) is 1. The third-order valence-corrected chi connectivity index (χ3v) is 5.49. The van der Waals surface area contributed by atoms with Crippen molar-refractivity contribution in [1.82, 2.24) is 4.57 Å². The van der Waals surface area contributed by atoms with Crippen molar-refractivity contribution in [3.63, 3.8) is 0 Å². The molecular weight excluding hydrogens is 372 g/mol. The molecule has 29 heavy (non-hydrogen) atoms. The Bertz CT molecular complexity index is 1210. The Labute approximate surface area is 166 Å². The lowest BCUT2D eigenvalue weighted by atomic mass is 9.99. The second kappa shape index (κ2) is 6.55. The van der Waals surface area contributed by atoms with Gasteiger partial charge in [0.2, 0.25) is 5.43 Å². The molecule has 1 aliphatic carbocycles. The molecule has 0 atom stereocenters. The zero-order valence-electron chi connectivity index (χ0n) is 15.9. The molecular formula is C22H20N2O5. The maximum absolute atomic E-state index is 12.8. The van der Waals surface area contributed by atoms with E-state index in [1.54, 1.807) is 13.2 Å². The lowest BCUT2D eigenvalue weighted by Crippen LogP contribution is -2.19. The van der Waals surface area contributed by atoms with Crippen LogP contribution in [0.3, 0.4) is 0 Å². The molecule has 2 aromatic carbocycles. The molecule has 3 aromatic rings. The number of methoxy groups -OCH3 is 1. The summed E-state index contributed by atoms with van der Waals surface area (Å²) >= 11 is 0. The molecule has 148 valence electrons. The minimum absolute atomic E-state index is 0.177. The second-order valence-electron chi connectivity index (χ2n) is 7.34. The van der Waals surface area contributed by atoms with E-state index in [1.165, 1.54) is 6.20 Å². The molecule has 0 saturated heterocycles. The van der Waals surface area contributed by atoms with E-state index in [9.17, 15) is 14.7 Å². The number of carboxylic acids is 1. The lowest BCUT2D eigenvalue weighted by Gasteiger charge is -2.21. The summed E-state index contributed by atoms with van der Waals surface area (Å²) < 4.78 is 13.4. The number of pyridine rings is 1. The number of carbonyl (C=O) groups is 1. The van der Waals surface area contributed by atoms with E-state index in [0.717, 1.165) is 42.0 Å². The van der Waals surface area contributed by atoms with Crippen molar-refractivity contribution in [1.29, 1.82) is 0 Å². The Balaban J connectivity index is 1.78. The quantitative estimate of drug-likeness (QED) is 0.706. The van der Waals surface area contributed by atoms with Crippen LogP contribution in [0.2, 0.25) is 0 Å². The van der Waals surface area contributed by atoms with Crippen molar-refractivity contribution in [2.75, 3.05) is 25.6 Å². The number of nitrogens with zero attached hydrogens (tertiary/aromatic N) is 1. The monoisotopic (exact) mass is 392 g/mol. The van der Waals surface area contributed by atoms with Crippen LogP contribution in [0, 0.1) is 0 Å². The van der Waals surface area contributed by atoms with Gasteiger partial charge in [0.15, 0.2) is 5.75 Å². The number of benzene rings is 2. The predicted octanol–water partition coefficient (Wildman–Crippen LogP) is 3.51. The Kier molecular flexibility index (Phi) is 3.97. The van der Waals surface area contributed by atoms with Gasteiger partial charge < -0.3 is 24.5 Å². The summed E-state index contributed by atoms with van der Waals surface area (Å²) in [6.45, 7) is 1.37. The maximum atomic E-state index is 12.8. The fourth-order valence-corrected chi connectivity index (χ4v) is 3.95. The van der Waals surface area contributed by atoms with Crippen LogP contribution >= 0.6 is 0 Å². The minimum atomic E-state index is -1.21. The molecule has 1 fully saturated rings. The first-order valence-electron chi connectivity index (χ1n) is 9.58. The highest BCUT2D eigenvalue weighted by Gasteiger charge is 2.29. The molecule has 1 aliphatic heterocycles. The van der Waals surface area contributed by atoms with Gasteiger partial charge >= 0.3 is 5.97 Å². The number of anilines is 1. The van der Waals surface area contributed by atoms with E-state index in [1.807, 2.05) is 28.8 Å². The highest BCUT2D eigenvalue weighted by molar-refractivity contribution is 5.97. The van der Waals surface area contributed by atoms with Crippen molar-refractivity contribution >= 4 is 22.6 Å². The molecule has 7 heteroatoms. The molecule has 0 radical (unpaired) electrons. The van der Waals surface area contributed by atoms with Gasteiger partial charge in [0.1, 0.15) is 17.9 Å². The van der Waals surface area contributed by atoms with Crippen molar-refractivity contribution < 1.29 is 19.4 Å². The summed E-state index contributed by atoms with van der Waals surface area (Å²) in [6.07, 6.45) is 3.35. The van der Waals surface area contributed by atoms with Crippen LogP contribution in [-0.2, 0) is 0 Å². The van der Waals surface area contributed by atoms with Crippen LogP contribution < -0.4 is 20.2 Å². The van der Waals surface area contributed by atoms with E-state index < -0.39 is 11.4 Å². The summed E-state index contributed by atoms with van der Waals surface area (Å²) in [7, 11) is 1.57. The van der Waals surface area contributed by atoms with Gasteiger partial charge in [-0.1, -0.05) is 6.07 Å². The first-order chi connectivity index (χ1) is 14.1. The van der Waals surface area contributed by atoms with E-state index in [2.05, 4.69) is 5.32 Å². The number of fused-ring (bicyclic) bond motifs is 2. The van der Waals surface area contributed by atoms with Gasteiger partial charge in [0.25, 0.3) is 0 Å². The van der Waals surface area contributed by atoms with Crippen LogP contribution in [0.5, 0.6) is 11.5 Å². The summed E-state index contributed by atoms with van der Waals surface area (Å²) in [6, 6.07) is 9.58. The Hall–Kier alpha value is -3.48. The summed E-state index contributed by atoms with van der Waals surface area (Å²) in [5, 5.41) is 13.1. The Morgan fingerprint density at radius 2 is 2.10 bits per heavy atom. The molecule has 0 unspecified atom stereocenters. The molecule has 2 N–H and O–H groups in total. The molecule has 0 amide bonds. The average molecular weight is 392 g/mol. The van der Waals surface area contributed by atoms with Crippen LogP contribution in [0.15, 0.2) is 41.3 Å². The van der Waals surface area contributed by atoms with Crippen LogP contribution in [0.25, 0.3) is 22.0 Å². The fourth-order valence-electron chi connectivity index (χ4n) is 3.95. The van der Waals surface area contributed by atoms with Gasteiger partial charge in [-0.3, -0.25) is 4.79 Å². The van der Waals surface area contributed by atoms with E-state index >= 15 is 0 Å². The highest BCUT2D eigenvalue weighted by Crippen LogP contribution is 2.43. The SMILES string of the molecule is COc1c(-c2ccc3c(c2)OCCN3)ccc2c(=O)c(C(=O)O)cn(C3CC3)c12. The third kappa shape index (κ3) is 2.81. The summed E-state index contributed by atoms with van der Waals surface area (Å²) in [4.78, 5) is 24.4.